The Labute approximate surface area is 158 Å². The maximum Gasteiger partial charge on any atom is 0.258 e. The van der Waals surface area contributed by atoms with Gasteiger partial charge in [0.2, 0.25) is 0 Å². The number of fused-ring (bicyclic) bond motifs is 2. The maximum atomic E-state index is 12.7. The van der Waals surface area contributed by atoms with Crippen molar-refractivity contribution in [2.75, 3.05) is 5.75 Å². The second-order valence-corrected chi connectivity index (χ2v) is 7.99. The van der Waals surface area contributed by atoms with E-state index in [1.54, 1.807) is 10.5 Å². The van der Waals surface area contributed by atoms with Gasteiger partial charge in [0.15, 0.2) is 10.7 Å². The van der Waals surface area contributed by atoms with Gasteiger partial charge in [-0.05, 0) is 19.9 Å². The van der Waals surface area contributed by atoms with Crippen molar-refractivity contribution >= 4 is 44.7 Å². The zero-order valence-electron chi connectivity index (χ0n) is 14.4. The van der Waals surface area contributed by atoms with E-state index in [4.69, 9.17) is 0 Å². The number of nitrogens with zero attached hydrogens (tertiary/aromatic N) is 2. The molecule has 0 fully saturated rings. The summed E-state index contributed by atoms with van der Waals surface area (Å²) in [6.07, 6.45) is 0. The third-order valence-electron chi connectivity index (χ3n) is 4.28. The summed E-state index contributed by atoms with van der Waals surface area (Å²) in [7, 11) is 0. The molecule has 0 aliphatic rings. The van der Waals surface area contributed by atoms with E-state index in [9.17, 15) is 9.59 Å². The summed E-state index contributed by atoms with van der Waals surface area (Å²) in [6, 6.07) is 9.39. The van der Waals surface area contributed by atoms with Gasteiger partial charge in [-0.25, -0.2) is 4.98 Å². The van der Waals surface area contributed by atoms with Crippen LogP contribution in [0.4, 0.5) is 0 Å². The molecule has 4 aromatic rings. The molecule has 0 radical (unpaired) electrons. The predicted octanol–water partition coefficient (Wildman–Crippen LogP) is 3.97. The Kier molecular flexibility index (Phi) is 4.42. The fourth-order valence-electron chi connectivity index (χ4n) is 3.13. The number of benzene rings is 1. The quantitative estimate of drug-likeness (QED) is 0.530. The molecule has 0 unspecified atom stereocenters. The molecule has 3 aromatic heterocycles. The molecule has 5 nitrogen and oxygen atoms in total. The van der Waals surface area contributed by atoms with Gasteiger partial charge in [0.25, 0.3) is 5.56 Å². The van der Waals surface area contributed by atoms with Gasteiger partial charge in [0, 0.05) is 45.1 Å². The highest BCUT2D eigenvalue weighted by Gasteiger charge is 2.16. The van der Waals surface area contributed by atoms with Crippen LogP contribution in [0, 0.1) is 13.8 Å². The van der Waals surface area contributed by atoms with Crippen molar-refractivity contribution in [1.82, 2.24) is 14.4 Å². The van der Waals surface area contributed by atoms with Crippen LogP contribution in [0.3, 0.4) is 0 Å². The molecule has 26 heavy (non-hydrogen) atoms. The molecule has 3 heterocycles. The largest absolute Gasteiger partial charge is 0.358 e. The monoisotopic (exact) mass is 383 g/mol. The zero-order valence-corrected chi connectivity index (χ0v) is 16.0. The highest BCUT2D eigenvalue weighted by atomic mass is 32.2. The molecular formula is C19H17N3O2S2. The highest BCUT2D eigenvalue weighted by molar-refractivity contribution is 7.99. The molecule has 0 amide bonds. The molecule has 132 valence electrons. The zero-order chi connectivity index (χ0) is 18.3. The number of H-pyrrole nitrogens is 1. The van der Waals surface area contributed by atoms with Crippen molar-refractivity contribution in [2.24, 2.45) is 0 Å². The number of hydrogen-bond donors (Lipinski definition) is 1. The highest BCUT2D eigenvalue weighted by Crippen LogP contribution is 2.24. The van der Waals surface area contributed by atoms with E-state index in [0.717, 1.165) is 27.9 Å². The lowest BCUT2D eigenvalue weighted by Crippen LogP contribution is -2.15. The van der Waals surface area contributed by atoms with E-state index < -0.39 is 0 Å². The molecule has 0 atom stereocenters. The first kappa shape index (κ1) is 17.1. The summed E-state index contributed by atoms with van der Waals surface area (Å²) < 4.78 is 1.61. The molecule has 1 aromatic carbocycles. The number of aryl methyl sites for hydroxylation is 2. The molecule has 0 aliphatic carbocycles. The van der Waals surface area contributed by atoms with Crippen LogP contribution in [-0.4, -0.2) is 25.9 Å². The average molecular weight is 383 g/mol. The lowest BCUT2D eigenvalue weighted by molar-refractivity contribution is 0.102. The smallest absolute Gasteiger partial charge is 0.258 e. The minimum atomic E-state index is -0.0665. The molecule has 1 N–H and O–H groups in total. The van der Waals surface area contributed by atoms with E-state index in [0.29, 0.717) is 22.2 Å². The number of aromatic nitrogens is 3. The number of rotatable bonds is 5. The number of aromatic amines is 1. The van der Waals surface area contributed by atoms with Crippen LogP contribution in [-0.2, 0) is 5.75 Å². The van der Waals surface area contributed by atoms with Crippen LogP contribution in [0.1, 0.15) is 27.4 Å². The van der Waals surface area contributed by atoms with Crippen LogP contribution in [0.15, 0.2) is 40.5 Å². The molecule has 4 rings (SSSR count). The van der Waals surface area contributed by atoms with Crippen molar-refractivity contribution < 1.29 is 4.79 Å². The summed E-state index contributed by atoms with van der Waals surface area (Å²) in [4.78, 5) is 33.4. The first-order chi connectivity index (χ1) is 12.5. The van der Waals surface area contributed by atoms with Crippen molar-refractivity contribution in [2.45, 2.75) is 19.6 Å². The summed E-state index contributed by atoms with van der Waals surface area (Å²) >= 11 is 2.94. The summed E-state index contributed by atoms with van der Waals surface area (Å²) in [6.45, 7) is 3.82. The number of thiazole rings is 1. The number of para-hydroxylation sites is 1. The second-order valence-electron chi connectivity index (χ2n) is 6.17. The van der Waals surface area contributed by atoms with Crippen molar-refractivity contribution in [3.05, 3.63) is 68.7 Å². The average Bonchev–Trinajstić information content (AvgIpc) is 3.14. The van der Waals surface area contributed by atoms with E-state index >= 15 is 0 Å². The van der Waals surface area contributed by atoms with Gasteiger partial charge in [0.1, 0.15) is 0 Å². The first-order valence-corrected chi connectivity index (χ1v) is 10.2. The Morgan fingerprint density at radius 2 is 2.12 bits per heavy atom. The molecule has 0 bridgehead atoms. The standard InChI is InChI=1S/C19H17N3O2S2/c1-11-8-26-19-21-13(7-17(24)22(11)19)9-25-10-16(23)18-12(2)20-15-6-4-3-5-14(15)18/h3-8,20H,9-10H2,1-2H3. The molecule has 0 aliphatic heterocycles. The number of Topliss-reactive ketones (excluding diaryl/α,β-unsaturated/α-hetero) is 1. The van der Waals surface area contributed by atoms with Crippen molar-refractivity contribution in [3.63, 3.8) is 0 Å². The van der Waals surface area contributed by atoms with Crippen LogP contribution >= 0.6 is 23.1 Å². The van der Waals surface area contributed by atoms with E-state index in [2.05, 4.69) is 9.97 Å². The summed E-state index contributed by atoms with van der Waals surface area (Å²) in [5.41, 5.74) is 4.17. The summed E-state index contributed by atoms with van der Waals surface area (Å²) in [5.74, 6) is 0.984. The molecule has 0 saturated carbocycles. The van der Waals surface area contributed by atoms with Gasteiger partial charge in [0.05, 0.1) is 11.4 Å². The van der Waals surface area contributed by atoms with E-state index in [-0.39, 0.29) is 11.3 Å². The summed E-state index contributed by atoms with van der Waals surface area (Å²) in [5, 5.41) is 2.88. The Morgan fingerprint density at radius 1 is 1.31 bits per heavy atom. The second kappa shape index (κ2) is 6.74. The van der Waals surface area contributed by atoms with Crippen LogP contribution in [0.2, 0.25) is 0 Å². The number of ketones is 1. The van der Waals surface area contributed by atoms with Crippen LogP contribution in [0.5, 0.6) is 0 Å². The van der Waals surface area contributed by atoms with Gasteiger partial charge in [-0.1, -0.05) is 18.2 Å². The first-order valence-electron chi connectivity index (χ1n) is 8.19. The number of thioether (sulfide) groups is 1. The Hall–Kier alpha value is -2.38. The normalized spacial score (nSPS) is 11.5. The minimum absolute atomic E-state index is 0.0665. The molecule has 7 heteroatoms. The lowest BCUT2D eigenvalue weighted by atomic mass is 10.1. The number of nitrogens with one attached hydrogen (secondary N) is 1. The van der Waals surface area contributed by atoms with Gasteiger partial charge in [-0.2, -0.15) is 0 Å². The number of carbonyl (C=O) groups is 1. The lowest BCUT2D eigenvalue weighted by Gasteiger charge is -2.03. The number of hydrogen-bond acceptors (Lipinski definition) is 5. The van der Waals surface area contributed by atoms with Gasteiger partial charge < -0.3 is 4.98 Å². The van der Waals surface area contributed by atoms with Crippen LogP contribution < -0.4 is 5.56 Å². The Morgan fingerprint density at radius 3 is 2.96 bits per heavy atom. The van der Waals surface area contributed by atoms with E-state index in [1.165, 1.54) is 23.1 Å². The van der Waals surface area contributed by atoms with E-state index in [1.807, 2.05) is 43.5 Å². The third kappa shape index (κ3) is 2.97. The maximum absolute atomic E-state index is 12.7. The van der Waals surface area contributed by atoms with Gasteiger partial charge in [-0.15, -0.1) is 23.1 Å². The molecular weight excluding hydrogens is 366 g/mol. The molecule has 0 spiro atoms. The molecule has 0 saturated heterocycles. The predicted molar refractivity (Wildman–Crippen MR) is 108 cm³/mol. The fourth-order valence-corrected chi connectivity index (χ4v) is 4.81. The third-order valence-corrected chi connectivity index (χ3v) is 6.19. The number of carbonyl (C=O) groups excluding carboxylic acids is 1. The van der Waals surface area contributed by atoms with Crippen molar-refractivity contribution in [3.8, 4) is 0 Å². The Balaban J connectivity index is 1.50. The topological polar surface area (TPSA) is 67.2 Å². The SMILES string of the molecule is Cc1[nH]c2ccccc2c1C(=O)CSCc1cc(=O)n2c(C)csc2n1. The van der Waals surface area contributed by atoms with Gasteiger partial charge >= 0.3 is 0 Å². The minimum Gasteiger partial charge on any atom is -0.358 e. The van der Waals surface area contributed by atoms with Gasteiger partial charge in [-0.3, -0.25) is 14.0 Å². The Bertz CT molecular complexity index is 1190. The fraction of sp³-hybridized carbons (Fsp3) is 0.211. The van der Waals surface area contributed by atoms with Crippen molar-refractivity contribution in [1.29, 1.82) is 0 Å². The van der Waals surface area contributed by atoms with Crippen LogP contribution in [0.25, 0.3) is 15.9 Å².